The number of benzene rings is 8. The minimum atomic E-state index is -0.972. The monoisotopic (exact) mass is 1540 g/mol. The van der Waals surface area contributed by atoms with E-state index in [0.29, 0.717) is 72.4 Å². The summed E-state index contributed by atoms with van der Waals surface area (Å²) in [6.45, 7) is 7.25. The van der Waals surface area contributed by atoms with E-state index in [9.17, 15) is 41.1 Å². The number of aryl methyl sites for hydroxylation is 3. The number of pyridine rings is 1. The molecule has 1 unspecified atom stereocenters. The molecule has 0 spiro atoms. The molecule has 0 aliphatic heterocycles. The van der Waals surface area contributed by atoms with Crippen molar-refractivity contribution in [1.29, 1.82) is 21.0 Å². The van der Waals surface area contributed by atoms with E-state index in [-0.39, 0.29) is 43.1 Å². The van der Waals surface area contributed by atoms with Gasteiger partial charge in [-0.05, 0) is 212 Å². The van der Waals surface area contributed by atoms with Crippen LogP contribution in [-0.4, -0.2) is 58.5 Å². The number of rotatable bonds is 16. The Morgan fingerprint density at radius 2 is 0.716 bits per heavy atom. The molecule has 4 aromatic heterocycles. The van der Waals surface area contributed by atoms with E-state index in [2.05, 4.69) is 68.3 Å². The maximum absolute atomic E-state index is 13.9. The molecule has 0 radical (unpaired) electrons. The summed E-state index contributed by atoms with van der Waals surface area (Å²) in [6, 6.07) is 50.2. The van der Waals surface area contributed by atoms with E-state index in [0.717, 1.165) is 23.3 Å². The van der Waals surface area contributed by atoms with Crippen molar-refractivity contribution in [3.63, 3.8) is 0 Å². The lowest BCUT2D eigenvalue weighted by Crippen LogP contribution is -2.45. The van der Waals surface area contributed by atoms with Gasteiger partial charge in [-0.25, -0.2) is 51.9 Å². The molecule has 0 saturated heterocycles. The number of carbonyl (C=O) groups is 4. The lowest BCUT2D eigenvalue weighted by molar-refractivity contribution is 0.0912. The molecule has 4 amide bonds. The molecule has 4 heterocycles. The number of hydrogen-bond donors (Lipinski definition) is 4. The fourth-order valence-electron chi connectivity index (χ4n) is 10.5. The molecule has 542 valence electrons. The van der Waals surface area contributed by atoms with Crippen LogP contribution >= 0.6 is 46.4 Å². The molecule has 12 rings (SSSR count). The average Bonchev–Trinajstić information content (AvgIpc) is 0.797. The van der Waals surface area contributed by atoms with Crippen LogP contribution in [0, 0.1) is 95.2 Å². The number of nitrogens with zero attached hydrogens (tertiary/aromatic N) is 11. The van der Waals surface area contributed by atoms with Crippen molar-refractivity contribution in [2.24, 2.45) is 0 Å². The summed E-state index contributed by atoms with van der Waals surface area (Å²) in [5.74, 6) is -4.45. The molecule has 0 saturated carbocycles. The Labute approximate surface area is 641 Å². The van der Waals surface area contributed by atoms with Gasteiger partial charge in [0.2, 0.25) is 0 Å². The van der Waals surface area contributed by atoms with Crippen LogP contribution in [0.15, 0.2) is 225 Å². The molecule has 0 aliphatic rings. The number of carbonyl (C=O) groups excluding carboxylic acids is 4. The SMILES string of the molecule is Cc1cc(C(=O)N[C@@H](c2ccc(Cl)c(F)c2)c2ncccn2)ccc1C#N.Cc1cc(C(=O)N[C@H](c2ccc(Cl)c(F)c2)c2ncccn2)ccc1C#N.Cc1ccc(C(C)(NC(=O)c2ccc(C#N)c(F)c2)c2ccc(Cl)cc2)nc1.N#Cc1ccc(C(=O)N[C@@H](c2ccc(Cl)c(F)c2)c2ncccn2)cc1F. The third-order valence-corrected chi connectivity index (χ3v) is 17.5. The molecule has 19 nitrogen and oxygen atoms in total. The van der Waals surface area contributed by atoms with Gasteiger partial charge < -0.3 is 21.3 Å². The third kappa shape index (κ3) is 20.7. The van der Waals surface area contributed by atoms with Crippen molar-refractivity contribution >= 4 is 70.0 Å². The number of halogens is 9. The predicted molar refractivity (Wildman–Crippen MR) is 397 cm³/mol. The maximum Gasteiger partial charge on any atom is 0.252 e. The molecule has 0 aliphatic carbocycles. The van der Waals surface area contributed by atoms with Crippen LogP contribution in [0.25, 0.3) is 0 Å². The van der Waals surface area contributed by atoms with Crippen molar-refractivity contribution < 1.29 is 41.1 Å². The standard InChI is InChI=1S/C22H17ClFN3O.2C20H14ClFN4O.C19H11ClF2N4O/c1-14-3-10-20(26-13-14)22(2,17-6-8-18(23)9-7-17)27-21(28)15-4-5-16(12-25)19(24)11-15;2*1-12-9-14(3-4-15(12)11-23)20(27)26-18(19-24-7-2-8-25-19)13-5-6-16(21)17(22)10-13;20-14-5-4-11(8-16(14)22)17(18-24-6-1-7-25-18)26-19(27)12-2-3-13(10-23)15(21)9-12/h3-11,13H,1-2H3,(H,27,28);2*2-10,18H,1H3,(H,26,27);1-9,17H,(H,26,27)/t;2*18-;17-/m.100/s1. The van der Waals surface area contributed by atoms with Gasteiger partial charge in [0.15, 0.2) is 17.5 Å². The molecule has 8 aromatic carbocycles. The summed E-state index contributed by atoms with van der Waals surface area (Å²) < 4.78 is 69.5. The molecule has 0 bridgehead atoms. The van der Waals surface area contributed by atoms with Gasteiger partial charge in [-0.3, -0.25) is 24.2 Å². The van der Waals surface area contributed by atoms with E-state index in [1.54, 1.807) is 136 Å². The van der Waals surface area contributed by atoms with Gasteiger partial charge in [0, 0.05) is 70.7 Å². The summed E-state index contributed by atoms with van der Waals surface area (Å²) >= 11 is 23.2. The van der Waals surface area contributed by atoms with Gasteiger partial charge in [-0.15, -0.1) is 0 Å². The van der Waals surface area contributed by atoms with Crippen molar-refractivity contribution in [1.82, 2.24) is 56.2 Å². The second-order valence-electron chi connectivity index (χ2n) is 23.8. The van der Waals surface area contributed by atoms with Gasteiger partial charge in [-0.1, -0.05) is 82.8 Å². The van der Waals surface area contributed by atoms with Crippen molar-refractivity contribution in [2.75, 3.05) is 0 Å². The zero-order valence-electron chi connectivity index (χ0n) is 57.5. The minimum absolute atomic E-state index is 0.00173. The van der Waals surface area contributed by atoms with Gasteiger partial charge in [0.1, 0.15) is 64.9 Å². The molecule has 4 N–H and O–H groups in total. The molecule has 4 atom stereocenters. The summed E-state index contributed by atoms with van der Waals surface area (Å²) in [4.78, 5) is 80.3. The maximum atomic E-state index is 13.9. The van der Waals surface area contributed by atoms with E-state index < -0.39 is 76.4 Å². The van der Waals surface area contributed by atoms with Gasteiger partial charge >= 0.3 is 0 Å². The first-order valence-corrected chi connectivity index (χ1v) is 33.8. The first-order chi connectivity index (χ1) is 52.3. The van der Waals surface area contributed by atoms with Crippen LogP contribution in [0.2, 0.25) is 20.1 Å². The number of nitriles is 4. The van der Waals surface area contributed by atoms with Crippen LogP contribution in [0.5, 0.6) is 0 Å². The topological polar surface area (TPSA) is 302 Å². The van der Waals surface area contributed by atoms with E-state index in [1.807, 2.05) is 38.1 Å². The summed E-state index contributed by atoms with van der Waals surface area (Å²) in [5.41, 5.74) is 5.66. The van der Waals surface area contributed by atoms with Crippen LogP contribution in [-0.2, 0) is 5.54 Å². The highest BCUT2D eigenvalue weighted by Gasteiger charge is 2.33. The quantitative estimate of drug-likeness (QED) is 0.0654. The summed E-state index contributed by atoms with van der Waals surface area (Å²) in [6.07, 6.45) is 10.8. The Bertz CT molecular complexity index is 5080. The van der Waals surface area contributed by atoms with E-state index in [4.69, 9.17) is 67.5 Å². The Hall–Kier alpha value is -13.2. The van der Waals surface area contributed by atoms with E-state index >= 15 is 0 Å². The van der Waals surface area contributed by atoms with Crippen LogP contribution in [0.4, 0.5) is 22.0 Å². The second kappa shape index (κ2) is 37.2. The zero-order valence-corrected chi connectivity index (χ0v) is 60.6. The fraction of sp³-hybridized carbons (Fsp3) is 0.0988. The van der Waals surface area contributed by atoms with Gasteiger partial charge in [0.05, 0.1) is 55.2 Å². The molecular weight excluding hydrogens is 1480 g/mol. The largest absolute Gasteiger partial charge is 0.338 e. The van der Waals surface area contributed by atoms with Crippen LogP contribution in [0.1, 0.15) is 151 Å². The third-order valence-electron chi connectivity index (χ3n) is 16.3. The normalized spacial score (nSPS) is 11.8. The molecule has 0 fully saturated rings. The van der Waals surface area contributed by atoms with Crippen molar-refractivity contribution in [2.45, 2.75) is 51.4 Å². The lowest BCUT2D eigenvalue weighted by Gasteiger charge is -2.31. The fourth-order valence-corrected chi connectivity index (χ4v) is 11.0. The zero-order chi connectivity index (χ0) is 78.5. The van der Waals surface area contributed by atoms with E-state index in [1.165, 1.54) is 79.1 Å². The summed E-state index contributed by atoms with van der Waals surface area (Å²) in [5, 5.41) is 47.4. The lowest BCUT2D eigenvalue weighted by atomic mass is 9.87. The highest BCUT2D eigenvalue weighted by atomic mass is 35.5. The summed E-state index contributed by atoms with van der Waals surface area (Å²) in [7, 11) is 0. The molecule has 109 heavy (non-hydrogen) atoms. The van der Waals surface area contributed by atoms with Crippen molar-refractivity contribution in [3.8, 4) is 24.3 Å². The smallest absolute Gasteiger partial charge is 0.252 e. The highest BCUT2D eigenvalue weighted by Crippen LogP contribution is 2.32. The average molecular weight is 1540 g/mol. The van der Waals surface area contributed by atoms with Crippen molar-refractivity contribution in [3.05, 3.63) is 381 Å². The van der Waals surface area contributed by atoms with Gasteiger partial charge in [-0.2, -0.15) is 21.0 Å². The Kier molecular flexibility index (Phi) is 27.2. The second-order valence-corrected chi connectivity index (χ2v) is 25.4. The number of aromatic nitrogens is 7. The number of nitrogens with one attached hydrogen (secondary N) is 4. The molecule has 12 aromatic rings. The van der Waals surface area contributed by atoms with Crippen LogP contribution in [0.3, 0.4) is 0 Å². The first-order valence-electron chi connectivity index (χ1n) is 32.3. The Morgan fingerprint density at radius 1 is 0.385 bits per heavy atom. The Morgan fingerprint density at radius 3 is 1.02 bits per heavy atom. The van der Waals surface area contributed by atoms with Gasteiger partial charge in [0.25, 0.3) is 23.6 Å². The first kappa shape index (κ1) is 79.9. The predicted octanol–water partition coefficient (Wildman–Crippen LogP) is 16.5. The molecular formula is C81H56Cl4F5N15O4. The van der Waals surface area contributed by atoms with Crippen LogP contribution < -0.4 is 21.3 Å². The molecule has 28 heteroatoms. The highest BCUT2D eigenvalue weighted by molar-refractivity contribution is 6.31. The number of hydrogen-bond acceptors (Lipinski definition) is 15. The Balaban J connectivity index is 0.000000167. The number of amides is 4. The minimum Gasteiger partial charge on any atom is -0.338 e.